The van der Waals surface area contributed by atoms with Crippen molar-refractivity contribution in [3.05, 3.63) is 11.6 Å². The molecule has 1 heterocycles. The number of rotatable bonds is 13. The van der Waals surface area contributed by atoms with E-state index in [0.29, 0.717) is 11.3 Å². The van der Waals surface area contributed by atoms with Gasteiger partial charge in [0.05, 0.1) is 0 Å². The third-order valence-corrected chi connectivity index (χ3v) is 8.64. The van der Waals surface area contributed by atoms with Gasteiger partial charge in [-0.05, 0) is 43.1 Å². The van der Waals surface area contributed by atoms with Crippen LogP contribution < -0.4 is 0 Å². The molecule has 0 aromatic carbocycles. The number of allylic oxidation sites excluding steroid dienone is 1. The van der Waals surface area contributed by atoms with E-state index < -0.39 is 0 Å². The molecule has 0 aromatic heterocycles. The van der Waals surface area contributed by atoms with E-state index in [1.165, 1.54) is 44.9 Å². The van der Waals surface area contributed by atoms with Crippen molar-refractivity contribution in [3.63, 3.8) is 0 Å². The molecular weight excluding hydrogens is 382 g/mol. The third-order valence-electron chi connectivity index (χ3n) is 8.64. The summed E-state index contributed by atoms with van der Waals surface area (Å²) in [7, 11) is 0. The largest absolute Gasteiger partial charge is 0.340 e. The van der Waals surface area contributed by atoms with E-state index in [2.05, 4.69) is 48.5 Å². The van der Waals surface area contributed by atoms with Gasteiger partial charge in [0, 0.05) is 52.2 Å². The average molecular weight is 432 g/mol. The first-order valence-corrected chi connectivity index (χ1v) is 13.4. The average Bonchev–Trinajstić information content (AvgIpc) is 2.79. The molecule has 4 aliphatic rings. The standard InChI is InChI=1S/C27H49N3O/c1-5-7-8-9-10-11-12-26(31)30-19-17-29(18-20-30)16-15-28(6-2)22-23-13-14-24-21-25(23)27(24,3)4/h13,24-25H,5-12,14-22H2,1-4H3. The summed E-state index contributed by atoms with van der Waals surface area (Å²) in [5.41, 5.74) is 2.24. The highest BCUT2D eigenvalue weighted by Crippen LogP contribution is 2.59. The highest BCUT2D eigenvalue weighted by molar-refractivity contribution is 5.76. The van der Waals surface area contributed by atoms with Crippen LogP contribution >= 0.6 is 0 Å². The van der Waals surface area contributed by atoms with Crippen molar-refractivity contribution in [1.82, 2.24) is 14.7 Å². The Hall–Kier alpha value is -0.870. The Bertz CT molecular complexity index is 591. The summed E-state index contributed by atoms with van der Waals surface area (Å²) < 4.78 is 0. The topological polar surface area (TPSA) is 26.8 Å². The van der Waals surface area contributed by atoms with E-state index in [1.807, 2.05) is 0 Å². The molecule has 1 saturated carbocycles. The summed E-state index contributed by atoms with van der Waals surface area (Å²) in [6, 6.07) is 0. The van der Waals surface area contributed by atoms with Crippen LogP contribution in [0.3, 0.4) is 0 Å². The fourth-order valence-corrected chi connectivity index (χ4v) is 5.98. The molecule has 2 unspecified atom stereocenters. The Morgan fingerprint density at radius 3 is 2.42 bits per heavy atom. The molecule has 1 aliphatic heterocycles. The number of likely N-dealkylation sites (N-methyl/N-ethyl adjacent to an activating group) is 1. The summed E-state index contributed by atoms with van der Waals surface area (Å²) in [5.74, 6) is 2.13. The molecular formula is C27H49N3O. The number of unbranched alkanes of at least 4 members (excludes halogenated alkanes) is 5. The quantitative estimate of drug-likeness (QED) is 0.296. The fourth-order valence-electron chi connectivity index (χ4n) is 5.98. The lowest BCUT2D eigenvalue weighted by Gasteiger charge is -2.57. The zero-order valence-corrected chi connectivity index (χ0v) is 21.0. The van der Waals surface area contributed by atoms with Crippen molar-refractivity contribution in [2.75, 3.05) is 52.4 Å². The minimum absolute atomic E-state index is 0.385. The lowest BCUT2D eigenvalue weighted by Crippen LogP contribution is -2.51. The highest BCUT2D eigenvalue weighted by Gasteiger charge is 2.51. The molecule has 4 nitrogen and oxygen atoms in total. The Kier molecular flexibility index (Phi) is 9.46. The van der Waals surface area contributed by atoms with Crippen LogP contribution in [0, 0.1) is 17.3 Å². The zero-order valence-electron chi connectivity index (χ0n) is 21.0. The van der Waals surface area contributed by atoms with Crippen LogP contribution in [-0.4, -0.2) is 73.0 Å². The summed E-state index contributed by atoms with van der Waals surface area (Å²) in [6.07, 6.45) is 13.6. The summed E-state index contributed by atoms with van der Waals surface area (Å²) in [4.78, 5) is 19.8. The second-order valence-electron chi connectivity index (χ2n) is 10.9. The third kappa shape index (κ3) is 6.57. The number of carbonyl (C=O) groups is 1. The maximum Gasteiger partial charge on any atom is 0.222 e. The van der Waals surface area contributed by atoms with Gasteiger partial charge in [0.2, 0.25) is 5.91 Å². The zero-order chi connectivity index (χ0) is 22.3. The molecule has 31 heavy (non-hydrogen) atoms. The second kappa shape index (κ2) is 11.8. The molecule has 4 rings (SSSR count). The van der Waals surface area contributed by atoms with Crippen LogP contribution in [0.4, 0.5) is 0 Å². The van der Waals surface area contributed by atoms with Gasteiger partial charge in [0.15, 0.2) is 0 Å². The summed E-state index contributed by atoms with van der Waals surface area (Å²) in [5, 5.41) is 0. The molecule has 0 N–H and O–H groups in total. The van der Waals surface area contributed by atoms with Crippen molar-refractivity contribution in [2.24, 2.45) is 17.3 Å². The molecule has 4 heteroatoms. The Labute approximate surface area is 192 Å². The van der Waals surface area contributed by atoms with Crippen molar-refractivity contribution in [1.29, 1.82) is 0 Å². The van der Waals surface area contributed by atoms with Gasteiger partial charge in [0.25, 0.3) is 0 Å². The van der Waals surface area contributed by atoms with Crippen LogP contribution in [0.2, 0.25) is 0 Å². The number of amides is 1. The van der Waals surface area contributed by atoms with Gasteiger partial charge in [-0.2, -0.15) is 0 Å². The van der Waals surface area contributed by atoms with Gasteiger partial charge in [-0.15, -0.1) is 0 Å². The number of carbonyl (C=O) groups excluding carboxylic acids is 1. The maximum absolute atomic E-state index is 12.5. The predicted molar refractivity (Wildman–Crippen MR) is 131 cm³/mol. The normalized spacial score (nSPS) is 25.5. The second-order valence-corrected chi connectivity index (χ2v) is 10.9. The maximum atomic E-state index is 12.5. The number of fused-ring (bicyclic) bond motifs is 1. The van der Waals surface area contributed by atoms with Gasteiger partial charge in [-0.25, -0.2) is 0 Å². The molecule has 3 aliphatic carbocycles. The van der Waals surface area contributed by atoms with Crippen molar-refractivity contribution in [3.8, 4) is 0 Å². The molecule has 0 radical (unpaired) electrons. The number of piperazine rings is 1. The van der Waals surface area contributed by atoms with Crippen molar-refractivity contribution < 1.29 is 4.79 Å². The first-order valence-electron chi connectivity index (χ1n) is 13.4. The van der Waals surface area contributed by atoms with Crippen LogP contribution in [0.5, 0.6) is 0 Å². The molecule has 2 atom stereocenters. The van der Waals surface area contributed by atoms with E-state index in [9.17, 15) is 4.79 Å². The van der Waals surface area contributed by atoms with Crippen LogP contribution in [0.15, 0.2) is 11.6 Å². The molecule has 2 fully saturated rings. The predicted octanol–water partition coefficient (Wildman–Crippen LogP) is 5.20. The molecule has 1 saturated heterocycles. The van der Waals surface area contributed by atoms with Gasteiger partial charge in [-0.3, -0.25) is 14.6 Å². The van der Waals surface area contributed by atoms with Gasteiger partial charge < -0.3 is 4.90 Å². The van der Waals surface area contributed by atoms with Crippen LogP contribution in [0.25, 0.3) is 0 Å². The fraction of sp³-hybridized carbons (Fsp3) is 0.889. The Morgan fingerprint density at radius 1 is 1.06 bits per heavy atom. The van der Waals surface area contributed by atoms with Gasteiger partial charge in [0.1, 0.15) is 0 Å². The van der Waals surface area contributed by atoms with Gasteiger partial charge in [-0.1, -0.05) is 71.4 Å². The van der Waals surface area contributed by atoms with Crippen molar-refractivity contribution in [2.45, 2.75) is 85.5 Å². The molecule has 2 bridgehead atoms. The number of hydrogen-bond donors (Lipinski definition) is 0. The van der Waals surface area contributed by atoms with Crippen LogP contribution in [-0.2, 0) is 4.79 Å². The van der Waals surface area contributed by atoms with E-state index >= 15 is 0 Å². The van der Waals surface area contributed by atoms with E-state index in [1.54, 1.807) is 5.57 Å². The smallest absolute Gasteiger partial charge is 0.222 e. The lowest BCUT2D eigenvalue weighted by molar-refractivity contribution is -0.133. The first kappa shape index (κ1) is 24.8. The minimum Gasteiger partial charge on any atom is -0.340 e. The van der Waals surface area contributed by atoms with Crippen molar-refractivity contribution >= 4 is 5.91 Å². The van der Waals surface area contributed by atoms with Gasteiger partial charge >= 0.3 is 0 Å². The summed E-state index contributed by atoms with van der Waals surface area (Å²) in [6.45, 7) is 18.0. The molecule has 178 valence electrons. The van der Waals surface area contributed by atoms with E-state index in [-0.39, 0.29) is 0 Å². The highest BCUT2D eigenvalue weighted by atomic mass is 16.2. The lowest BCUT2D eigenvalue weighted by atomic mass is 9.49. The monoisotopic (exact) mass is 431 g/mol. The minimum atomic E-state index is 0.385. The van der Waals surface area contributed by atoms with Crippen LogP contribution in [0.1, 0.15) is 85.5 Å². The number of hydrogen-bond acceptors (Lipinski definition) is 3. The molecule has 0 spiro atoms. The molecule has 0 aromatic rings. The SMILES string of the molecule is CCCCCCCCC(=O)N1CCN(CCN(CC)CC2=CCC3CC2C3(C)C)CC1. The summed E-state index contributed by atoms with van der Waals surface area (Å²) >= 11 is 0. The molecule has 1 amide bonds. The van der Waals surface area contributed by atoms with E-state index in [0.717, 1.165) is 77.0 Å². The Balaban J connectivity index is 1.30. The van der Waals surface area contributed by atoms with E-state index in [4.69, 9.17) is 0 Å². The first-order chi connectivity index (χ1) is 15.0. The number of nitrogens with zero attached hydrogens (tertiary/aromatic N) is 3. The Morgan fingerprint density at radius 2 is 1.77 bits per heavy atom.